The molecule has 0 radical (unpaired) electrons. The highest BCUT2D eigenvalue weighted by Crippen LogP contribution is 2.30. The minimum absolute atomic E-state index is 0.246. The van der Waals surface area contributed by atoms with E-state index in [0.29, 0.717) is 18.7 Å². The monoisotopic (exact) mass is 284 g/mol. The van der Waals surface area contributed by atoms with E-state index in [1.54, 1.807) is 10.7 Å². The fraction of sp³-hybridized carbons (Fsp3) is 0.385. The summed E-state index contributed by atoms with van der Waals surface area (Å²) in [6, 6.07) is 5.10. The minimum Gasteiger partial charge on any atom is -0.309 e. The highest BCUT2D eigenvalue weighted by atomic mass is 19.4. The molecule has 20 heavy (non-hydrogen) atoms. The van der Waals surface area contributed by atoms with Crippen LogP contribution in [0.5, 0.6) is 0 Å². The Morgan fingerprint density at radius 2 is 2.15 bits per heavy atom. The summed E-state index contributed by atoms with van der Waals surface area (Å²) in [5.41, 5.74) is -0.0614. The summed E-state index contributed by atoms with van der Waals surface area (Å²) in [6.45, 7) is 2.98. The molecule has 4 nitrogen and oxygen atoms in total. The van der Waals surface area contributed by atoms with Gasteiger partial charge in [-0.15, -0.1) is 0 Å². The van der Waals surface area contributed by atoms with E-state index in [0.717, 1.165) is 6.07 Å². The fourth-order valence-electron chi connectivity index (χ4n) is 1.98. The maximum absolute atomic E-state index is 12.7. The van der Waals surface area contributed by atoms with E-state index in [-0.39, 0.29) is 6.04 Å². The van der Waals surface area contributed by atoms with Crippen molar-refractivity contribution in [2.45, 2.75) is 25.7 Å². The Morgan fingerprint density at radius 3 is 2.75 bits per heavy atom. The van der Waals surface area contributed by atoms with Crippen molar-refractivity contribution in [1.82, 2.24) is 20.1 Å². The van der Waals surface area contributed by atoms with Gasteiger partial charge in [0.25, 0.3) is 0 Å². The number of aromatic nitrogens is 3. The first kappa shape index (κ1) is 14.5. The maximum atomic E-state index is 12.7. The Bertz CT molecular complexity index is 537. The van der Waals surface area contributed by atoms with Crippen LogP contribution in [-0.4, -0.2) is 21.3 Å². The molecule has 0 spiro atoms. The predicted octanol–water partition coefficient (Wildman–Crippen LogP) is 2.65. The van der Waals surface area contributed by atoms with Crippen molar-refractivity contribution in [1.29, 1.82) is 0 Å². The lowest BCUT2D eigenvalue weighted by atomic mass is 10.0. The van der Waals surface area contributed by atoms with E-state index >= 15 is 0 Å². The first-order valence-corrected chi connectivity index (χ1v) is 6.23. The second-order valence-electron chi connectivity index (χ2n) is 4.35. The molecule has 0 aliphatic carbocycles. The largest absolute Gasteiger partial charge is 0.416 e. The summed E-state index contributed by atoms with van der Waals surface area (Å²) in [5, 5.41) is 7.14. The van der Waals surface area contributed by atoms with Gasteiger partial charge in [-0.3, -0.25) is 4.68 Å². The number of halogens is 3. The Hall–Kier alpha value is -1.89. The highest BCUT2D eigenvalue weighted by Gasteiger charge is 2.30. The van der Waals surface area contributed by atoms with Crippen LogP contribution >= 0.6 is 0 Å². The molecule has 0 saturated carbocycles. The van der Waals surface area contributed by atoms with Crippen LogP contribution in [0.15, 0.2) is 36.9 Å². The summed E-state index contributed by atoms with van der Waals surface area (Å²) in [6.07, 6.45) is -1.40. The van der Waals surface area contributed by atoms with Gasteiger partial charge < -0.3 is 5.32 Å². The van der Waals surface area contributed by atoms with Gasteiger partial charge in [-0.1, -0.05) is 19.1 Å². The lowest BCUT2D eigenvalue weighted by Crippen LogP contribution is -2.26. The quantitative estimate of drug-likeness (QED) is 0.918. The third kappa shape index (κ3) is 3.57. The Labute approximate surface area is 114 Å². The van der Waals surface area contributed by atoms with Gasteiger partial charge in [-0.25, -0.2) is 4.98 Å². The summed E-state index contributed by atoms with van der Waals surface area (Å²) in [7, 11) is 0. The molecular formula is C13H15F3N4. The third-order valence-electron chi connectivity index (χ3n) is 2.90. The molecule has 0 aliphatic rings. The topological polar surface area (TPSA) is 42.7 Å². The SMILES string of the molecule is CCNC(Cn1cncn1)c1cccc(C(F)(F)F)c1. The smallest absolute Gasteiger partial charge is 0.309 e. The molecule has 0 saturated heterocycles. The van der Waals surface area contributed by atoms with Crippen LogP contribution in [0.3, 0.4) is 0 Å². The van der Waals surface area contributed by atoms with Crippen molar-refractivity contribution in [3.63, 3.8) is 0 Å². The van der Waals surface area contributed by atoms with E-state index in [2.05, 4.69) is 15.4 Å². The number of alkyl halides is 3. The molecule has 1 aromatic heterocycles. The van der Waals surface area contributed by atoms with Crippen LogP contribution in [0, 0.1) is 0 Å². The van der Waals surface area contributed by atoms with Crippen LogP contribution in [-0.2, 0) is 12.7 Å². The van der Waals surface area contributed by atoms with Crippen LogP contribution in [0.1, 0.15) is 24.1 Å². The molecule has 1 heterocycles. The van der Waals surface area contributed by atoms with Gasteiger partial charge in [0.2, 0.25) is 0 Å². The van der Waals surface area contributed by atoms with E-state index in [4.69, 9.17) is 0 Å². The summed E-state index contributed by atoms with van der Waals surface area (Å²) >= 11 is 0. The maximum Gasteiger partial charge on any atom is 0.416 e. The minimum atomic E-state index is -4.33. The lowest BCUT2D eigenvalue weighted by molar-refractivity contribution is -0.137. The summed E-state index contributed by atoms with van der Waals surface area (Å²) in [4.78, 5) is 3.83. The van der Waals surface area contributed by atoms with Crippen LogP contribution < -0.4 is 5.32 Å². The molecule has 108 valence electrons. The Balaban J connectivity index is 2.25. The average Bonchev–Trinajstić information content (AvgIpc) is 2.90. The molecule has 2 aromatic rings. The molecular weight excluding hydrogens is 269 g/mol. The molecule has 1 atom stereocenters. The highest BCUT2D eigenvalue weighted by molar-refractivity contribution is 5.28. The van der Waals surface area contributed by atoms with Crippen molar-refractivity contribution < 1.29 is 13.2 Å². The second kappa shape index (κ2) is 6.04. The molecule has 7 heteroatoms. The normalized spacial score (nSPS) is 13.4. The van der Waals surface area contributed by atoms with Crippen molar-refractivity contribution >= 4 is 0 Å². The Morgan fingerprint density at radius 1 is 1.35 bits per heavy atom. The number of rotatable bonds is 5. The average molecular weight is 284 g/mol. The molecule has 0 amide bonds. The molecule has 0 fully saturated rings. The van der Waals surface area contributed by atoms with Gasteiger partial charge in [0.15, 0.2) is 0 Å². The van der Waals surface area contributed by atoms with Crippen molar-refractivity contribution in [3.8, 4) is 0 Å². The number of hydrogen-bond acceptors (Lipinski definition) is 3. The molecule has 0 aliphatic heterocycles. The molecule has 2 rings (SSSR count). The van der Waals surface area contributed by atoms with Gasteiger partial charge in [0.1, 0.15) is 12.7 Å². The van der Waals surface area contributed by atoms with Crippen LogP contribution in [0.4, 0.5) is 13.2 Å². The van der Waals surface area contributed by atoms with Crippen molar-refractivity contribution in [2.75, 3.05) is 6.54 Å². The van der Waals surface area contributed by atoms with Gasteiger partial charge in [-0.05, 0) is 24.2 Å². The standard InChI is InChI=1S/C13H15F3N4/c1-2-18-12(7-20-9-17-8-19-20)10-4-3-5-11(6-10)13(14,15)16/h3-6,8-9,12,18H,2,7H2,1H3. The molecule has 0 bridgehead atoms. The van der Waals surface area contributed by atoms with Crippen LogP contribution in [0.2, 0.25) is 0 Å². The number of benzene rings is 1. The van der Waals surface area contributed by atoms with Gasteiger partial charge in [0.05, 0.1) is 18.2 Å². The summed E-state index contributed by atoms with van der Waals surface area (Å²) in [5.74, 6) is 0. The number of nitrogens with zero attached hydrogens (tertiary/aromatic N) is 3. The zero-order valence-corrected chi connectivity index (χ0v) is 10.9. The zero-order chi connectivity index (χ0) is 14.6. The lowest BCUT2D eigenvalue weighted by Gasteiger charge is -2.19. The van der Waals surface area contributed by atoms with Gasteiger partial charge in [0, 0.05) is 0 Å². The van der Waals surface area contributed by atoms with Gasteiger partial charge >= 0.3 is 6.18 Å². The summed E-state index contributed by atoms with van der Waals surface area (Å²) < 4.78 is 39.8. The fourth-order valence-corrected chi connectivity index (χ4v) is 1.98. The second-order valence-corrected chi connectivity index (χ2v) is 4.35. The number of hydrogen-bond donors (Lipinski definition) is 1. The van der Waals surface area contributed by atoms with E-state index in [1.807, 2.05) is 6.92 Å². The predicted molar refractivity (Wildman–Crippen MR) is 67.9 cm³/mol. The van der Waals surface area contributed by atoms with Gasteiger partial charge in [-0.2, -0.15) is 18.3 Å². The first-order valence-electron chi connectivity index (χ1n) is 6.23. The Kier molecular flexibility index (Phi) is 4.39. The zero-order valence-electron chi connectivity index (χ0n) is 10.9. The van der Waals surface area contributed by atoms with E-state index in [1.165, 1.54) is 24.8 Å². The molecule has 1 N–H and O–H groups in total. The number of nitrogens with one attached hydrogen (secondary N) is 1. The van der Waals surface area contributed by atoms with Crippen molar-refractivity contribution in [2.24, 2.45) is 0 Å². The van der Waals surface area contributed by atoms with E-state index in [9.17, 15) is 13.2 Å². The third-order valence-corrected chi connectivity index (χ3v) is 2.90. The van der Waals surface area contributed by atoms with Crippen LogP contribution in [0.25, 0.3) is 0 Å². The first-order chi connectivity index (χ1) is 9.50. The molecule has 1 aromatic carbocycles. The van der Waals surface area contributed by atoms with E-state index < -0.39 is 11.7 Å². The molecule has 1 unspecified atom stereocenters. The van der Waals surface area contributed by atoms with Crippen molar-refractivity contribution in [3.05, 3.63) is 48.0 Å². The number of likely N-dealkylation sites (N-methyl/N-ethyl adjacent to an activating group) is 1.